The van der Waals surface area contributed by atoms with Gasteiger partial charge in [0.15, 0.2) is 5.96 Å². The van der Waals surface area contributed by atoms with E-state index in [2.05, 4.69) is 31.1 Å². The van der Waals surface area contributed by atoms with Gasteiger partial charge in [0, 0.05) is 6.54 Å². The van der Waals surface area contributed by atoms with Crippen LogP contribution in [0.2, 0.25) is 0 Å². The molecular weight excluding hydrogens is 294 g/mol. The van der Waals surface area contributed by atoms with Crippen LogP contribution in [0, 0.1) is 5.92 Å². The standard InChI is InChI=1S/C9H20.C7H15N5O2/c1-4-5-6-7-8-9(2)3;8-6(14)5(12-4-13)2-1-3-11-7(9)10/h9H,4-8H2,1-3H3;4-5H,1-3H2,(H2,8,14)(H,12,13)(H4,9,10,11). The van der Waals surface area contributed by atoms with E-state index >= 15 is 0 Å². The Kier molecular flexibility index (Phi) is 16.9. The summed E-state index contributed by atoms with van der Waals surface area (Å²) < 4.78 is 0. The fourth-order valence-corrected chi connectivity index (χ4v) is 1.87. The summed E-state index contributed by atoms with van der Waals surface area (Å²) >= 11 is 0. The van der Waals surface area contributed by atoms with Crippen LogP contribution in [0.5, 0.6) is 0 Å². The van der Waals surface area contributed by atoms with Gasteiger partial charge in [-0.05, 0) is 18.8 Å². The lowest BCUT2D eigenvalue weighted by Gasteiger charge is -2.10. The number of carbonyl (C=O) groups is 2. The van der Waals surface area contributed by atoms with Crippen molar-refractivity contribution in [3.63, 3.8) is 0 Å². The molecule has 23 heavy (non-hydrogen) atoms. The highest BCUT2D eigenvalue weighted by atomic mass is 16.2. The summed E-state index contributed by atoms with van der Waals surface area (Å²) in [6, 6.07) is -0.651. The number of aliphatic imine (C=N–C) groups is 1. The van der Waals surface area contributed by atoms with E-state index in [9.17, 15) is 9.59 Å². The average molecular weight is 329 g/mol. The third kappa shape index (κ3) is 20.2. The Hall–Kier alpha value is -1.79. The molecule has 136 valence electrons. The molecule has 7 heteroatoms. The Morgan fingerprint density at radius 1 is 1.09 bits per heavy atom. The third-order valence-electron chi connectivity index (χ3n) is 3.19. The van der Waals surface area contributed by atoms with Crippen LogP contribution >= 0.6 is 0 Å². The number of hydrogen-bond acceptors (Lipinski definition) is 3. The first kappa shape index (κ1) is 23.5. The Labute approximate surface area is 140 Å². The topological polar surface area (TPSA) is 137 Å². The van der Waals surface area contributed by atoms with Crippen molar-refractivity contribution < 1.29 is 9.59 Å². The van der Waals surface area contributed by atoms with Gasteiger partial charge in [0.05, 0.1) is 0 Å². The van der Waals surface area contributed by atoms with Gasteiger partial charge < -0.3 is 22.5 Å². The molecule has 1 unspecified atom stereocenters. The summed E-state index contributed by atoms with van der Waals surface area (Å²) in [6.45, 7) is 7.26. The SMILES string of the molecule is CCCCCCC(C)C.NC(=O)C(CCCN=C(N)N)NC=O. The molecule has 0 aromatic carbocycles. The van der Waals surface area contributed by atoms with Gasteiger partial charge in [0.25, 0.3) is 0 Å². The van der Waals surface area contributed by atoms with Crippen molar-refractivity contribution >= 4 is 18.3 Å². The normalized spacial score (nSPS) is 11.1. The molecule has 0 radical (unpaired) electrons. The smallest absolute Gasteiger partial charge is 0.239 e. The number of nitrogens with two attached hydrogens (primary N) is 3. The van der Waals surface area contributed by atoms with Gasteiger partial charge in [-0.15, -0.1) is 0 Å². The van der Waals surface area contributed by atoms with Crippen molar-refractivity contribution in [2.75, 3.05) is 6.54 Å². The molecule has 0 aliphatic rings. The van der Waals surface area contributed by atoms with E-state index < -0.39 is 11.9 Å². The minimum Gasteiger partial charge on any atom is -0.370 e. The summed E-state index contributed by atoms with van der Waals surface area (Å²) in [5.41, 5.74) is 15.2. The highest BCUT2D eigenvalue weighted by Crippen LogP contribution is 2.08. The van der Waals surface area contributed by atoms with E-state index in [1.165, 1.54) is 32.1 Å². The minimum atomic E-state index is -0.651. The Morgan fingerprint density at radius 2 is 1.74 bits per heavy atom. The second-order valence-electron chi connectivity index (χ2n) is 5.93. The Balaban J connectivity index is 0. The fraction of sp³-hybridized carbons (Fsp3) is 0.812. The van der Waals surface area contributed by atoms with E-state index in [4.69, 9.17) is 17.2 Å². The van der Waals surface area contributed by atoms with Crippen LogP contribution in [0.3, 0.4) is 0 Å². The first-order valence-corrected chi connectivity index (χ1v) is 8.39. The number of rotatable bonds is 12. The average Bonchev–Trinajstić information content (AvgIpc) is 2.47. The number of guanidine groups is 1. The number of primary amides is 1. The summed E-state index contributed by atoms with van der Waals surface area (Å²) in [7, 11) is 0. The Bertz CT molecular complexity index is 328. The maximum absolute atomic E-state index is 10.7. The molecule has 0 bridgehead atoms. The summed E-state index contributed by atoms with van der Waals surface area (Å²) in [6.07, 6.45) is 8.51. The summed E-state index contributed by atoms with van der Waals surface area (Å²) in [5.74, 6) is 0.340. The van der Waals surface area contributed by atoms with Gasteiger partial charge in [-0.2, -0.15) is 0 Å². The number of nitrogens with zero attached hydrogens (tertiary/aromatic N) is 1. The van der Waals surface area contributed by atoms with E-state index in [0.29, 0.717) is 25.8 Å². The molecule has 0 aliphatic carbocycles. The summed E-state index contributed by atoms with van der Waals surface area (Å²) in [5, 5.41) is 2.30. The largest absolute Gasteiger partial charge is 0.370 e. The molecule has 0 fully saturated rings. The maximum Gasteiger partial charge on any atom is 0.239 e. The predicted molar refractivity (Wildman–Crippen MR) is 95.7 cm³/mol. The quantitative estimate of drug-likeness (QED) is 0.185. The second-order valence-corrected chi connectivity index (χ2v) is 5.93. The second kappa shape index (κ2) is 16.6. The van der Waals surface area contributed by atoms with Crippen molar-refractivity contribution in [3.8, 4) is 0 Å². The van der Waals surface area contributed by atoms with Crippen LogP contribution in [-0.4, -0.2) is 30.9 Å². The van der Waals surface area contributed by atoms with Crippen LogP contribution in [-0.2, 0) is 9.59 Å². The highest BCUT2D eigenvalue weighted by Gasteiger charge is 2.12. The van der Waals surface area contributed by atoms with E-state index in [-0.39, 0.29) is 5.96 Å². The number of unbranched alkanes of at least 4 members (excludes halogenated alkanes) is 3. The zero-order valence-electron chi connectivity index (χ0n) is 14.9. The fourth-order valence-electron chi connectivity index (χ4n) is 1.87. The molecule has 0 aliphatic heterocycles. The van der Waals surface area contributed by atoms with E-state index in [1.54, 1.807) is 0 Å². The zero-order chi connectivity index (χ0) is 18.1. The lowest BCUT2D eigenvalue weighted by Crippen LogP contribution is -2.40. The molecular formula is C16H35N5O2. The molecule has 1 atom stereocenters. The molecule has 0 saturated heterocycles. The minimum absolute atomic E-state index is 0.00368. The van der Waals surface area contributed by atoms with Gasteiger partial charge in [-0.25, -0.2) is 0 Å². The molecule has 0 saturated carbocycles. The lowest BCUT2D eigenvalue weighted by atomic mass is 10.1. The van der Waals surface area contributed by atoms with Crippen molar-refractivity contribution in [2.45, 2.75) is 71.8 Å². The van der Waals surface area contributed by atoms with Gasteiger partial charge in [-0.3, -0.25) is 14.6 Å². The molecule has 0 aromatic rings. The van der Waals surface area contributed by atoms with Crippen molar-refractivity contribution in [1.82, 2.24) is 5.32 Å². The van der Waals surface area contributed by atoms with Crippen LogP contribution in [0.1, 0.15) is 65.7 Å². The first-order valence-electron chi connectivity index (χ1n) is 8.39. The molecule has 0 aromatic heterocycles. The van der Waals surface area contributed by atoms with Gasteiger partial charge in [0.1, 0.15) is 6.04 Å². The van der Waals surface area contributed by atoms with Crippen molar-refractivity contribution in [3.05, 3.63) is 0 Å². The predicted octanol–water partition coefficient (Wildman–Crippen LogP) is 1.25. The van der Waals surface area contributed by atoms with Gasteiger partial charge in [-0.1, -0.05) is 52.9 Å². The number of amides is 2. The molecule has 0 heterocycles. The third-order valence-corrected chi connectivity index (χ3v) is 3.19. The van der Waals surface area contributed by atoms with Crippen molar-refractivity contribution in [1.29, 1.82) is 0 Å². The zero-order valence-corrected chi connectivity index (χ0v) is 14.9. The highest BCUT2D eigenvalue weighted by molar-refractivity contribution is 5.81. The molecule has 0 spiro atoms. The van der Waals surface area contributed by atoms with Gasteiger partial charge >= 0.3 is 0 Å². The van der Waals surface area contributed by atoms with Crippen LogP contribution < -0.4 is 22.5 Å². The number of nitrogens with one attached hydrogen (secondary N) is 1. The maximum atomic E-state index is 10.7. The van der Waals surface area contributed by atoms with E-state index in [0.717, 1.165) is 5.92 Å². The number of hydrogen-bond donors (Lipinski definition) is 4. The monoisotopic (exact) mass is 329 g/mol. The molecule has 7 N–H and O–H groups in total. The van der Waals surface area contributed by atoms with Crippen LogP contribution in [0.15, 0.2) is 4.99 Å². The Morgan fingerprint density at radius 3 is 2.17 bits per heavy atom. The van der Waals surface area contributed by atoms with Crippen LogP contribution in [0.4, 0.5) is 0 Å². The molecule has 0 rings (SSSR count). The number of carbonyl (C=O) groups excluding carboxylic acids is 2. The molecule has 7 nitrogen and oxygen atoms in total. The van der Waals surface area contributed by atoms with Gasteiger partial charge in [0.2, 0.25) is 12.3 Å². The van der Waals surface area contributed by atoms with E-state index in [1.807, 2.05) is 0 Å². The summed E-state index contributed by atoms with van der Waals surface area (Å²) in [4.78, 5) is 24.5. The van der Waals surface area contributed by atoms with Crippen molar-refractivity contribution in [2.24, 2.45) is 28.1 Å². The molecule has 2 amide bonds. The lowest BCUT2D eigenvalue weighted by molar-refractivity contribution is -0.122. The van der Waals surface area contributed by atoms with Crippen LogP contribution in [0.25, 0.3) is 0 Å². The first-order chi connectivity index (χ1) is 10.8.